The number of hydrogen-bond donors (Lipinski definition) is 2. The highest BCUT2D eigenvalue weighted by Crippen LogP contribution is 2.24. The third kappa shape index (κ3) is 2.40. The average molecular weight is 252 g/mol. The number of benzene rings is 1. The van der Waals surface area contributed by atoms with Gasteiger partial charge in [-0.25, -0.2) is 9.18 Å². The van der Waals surface area contributed by atoms with E-state index in [9.17, 15) is 9.18 Å². The number of methoxy groups -OCH3 is 1. The summed E-state index contributed by atoms with van der Waals surface area (Å²) in [5.74, 6) is -1.63. The van der Waals surface area contributed by atoms with Crippen LogP contribution >= 0.6 is 0 Å². The van der Waals surface area contributed by atoms with Crippen molar-refractivity contribution in [2.75, 3.05) is 12.4 Å². The lowest BCUT2D eigenvalue weighted by Crippen LogP contribution is -1.97. The van der Waals surface area contributed by atoms with Gasteiger partial charge in [0.15, 0.2) is 17.3 Å². The van der Waals surface area contributed by atoms with Crippen LogP contribution in [-0.4, -0.2) is 23.2 Å². The number of ether oxygens (including phenoxy) is 1. The molecule has 2 rings (SSSR count). The first-order valence-corrected chi connectivity index (χ1v) is 4.89. The van der Waals surface area contributed by atoms with E-state index in [-0.39, 0.29) is 17.5 Å². The molecule has 0 aliphatic carbocycles. The van der Waals surface area contributed by atoms with E-state index in [2.05, 4.69) is 10.3 Å². The van der Waals surface area contributed by atoms with Gasteiger partial charge in [-0.15, -0.1) is 0 Å². The Bertz CT molecular complexity index is 582. The number of nitrogens with one attached hydrogen (secondary N) is 1. The number of nitrogens with zero attached hydrogens (tertiary/aromatic N) is 1. The lowest BCUT2D eigenvalue weighted by atomic mass is 10.3. The van der Waals surface area contributed by atoms with Crippen molar-refractivity contribution < 1.29 is 23.4 Å². The summed E-state index contributed by atoms with van der Waals surface area (Å²) in [5.41, 5.74) is 0.249. The number of rotatable bonds is 4. The second kappa shape index (κ2) is 4.74. The first-order chi connectivity index (χ1) is 8.60. The van der Waals surface area contributed by atoms with Gasteiger partial charge < -0.3 is 19.6 Å². The SMILES string of the molecule is COc1cc(Nc2nc(C(=O)O)co2)ccc1F. The number of anilines is 2. The second-order valence-corrected chi connectivity index (χ2v) is 3.32. The molecule has 0 amide bonds. The fraction of sp³-hybridized carbons (Fsp3) is 0.0909. The summed E-state index contributed by atoms with van der Waals surface area (Å²) in [4.78, 5) is 14.3. The molecule has 0 aliphatic rings. The molecule has 0 fully saturated rings. The molecule has 1 heterocycles. The van der Waals surface area contributed by atoms with E-state index in [4.69, 9.17) is 14.3 Å². The van der Waals surface area contributed by atoms with Crippen LogP contribution in [0.2, 0.25) is 0 Å². The molecule has 1 aromatic heterocycles. The number of carbonyl (C=O) groups is 1. The summed E-state index contributed by atoms with van der Waals surface area (Å²) in [6, 6.07) is 4.06. The third-order valence-electron chi connectivity index (χ3n) is 2.13. The van der Waals surface area contributed by atoms with Crippen LogP contribution in [0.25, 0.3) is 0 Å². The minimum absolute atomic E-state index is 0.000983. The molecule has 2 aromatic rings. The molecule has 0 spiro atoms. The number of aromatic nitrogens is 1. The van der Waals surface area contributed by atoms with Crippen molar-refractivity contribution in [1.29, 1.82) is 0 Å². The predicted molar refractivity (Wildman–Crippen MR) is 59.7 cm³/mol. The lowest BCUT2D eigenvalue weighted by Gasteiger charge is -2.05. The summed E-state index contributed by atoms with van der Waals surface area (Å²) in [7, 11) is 1.34. The zero-order chi connectivity index (χ0) is 13.1. The molecule has 94 valence electrons. The Hall–Kier alpha value is -2.57. The van der Waals surface area contributed by atoms with Gasteiger partial charge >= 0.3 is 5.97 Å². The Morgan fingerprint density at radius 2 is 2.33 bits per heavy atom. The number of halogens is 1. The van der Waals surface area contributed by atoms with Crippen molar-refractivity contribution in [1.82, 2.24) is 4.98 Å². The van der Waals surface area contributed by atoms with Gasteiger partial charge in [-0.1, -0.05) is 0 Å². The van der Waals surface area contributed by atoms with Gasteiger partial charge in [-0.3, -0.25) is 0 Å². The molecule has 2 N–H and O–H groups in total. The number of aromatic carboxylic acids is 1. The Kier molecular flexibility index (Phi) is 3.13. The molecule has 0 saturated heterocycles. The number of oxazole rings is 1. The van der Waals surface area contributed by atoms with Gasteiger partial charge in [0.1, 0.15) is 6.26 Å². The molecular weight excluding hydrogens is 243 g/mol. The van der Waals surface area contributed by atoms with Crippen LogP contribution < -0.4 is 10.1 Å². The van der Waals surface area contributed by atoms with E-state index in [0.29, 0.717) is 5.69 Å². The Morgan fingerprint density at radius 1 is 1.56 bits per heavy atom. The van der Waals surface area contributed by atoms with E-state index < -0.39 is 11.8 Å². The Balaban J connectivity index is 2.20. The fourth-order valence-corrected chi connectivity index (χ4v) is 1.29. The smallest absolute Gasteiger partial charge is 0.357 e. The molecule has 0 saturated carbocycles. The average Bonchev–Trinajstić information content (AvgIpc) is 2.80. The maximum atomic E-state index is 13.1. The van der Waals surface area contributed by atoms with E-state index in [1.54, 1.807) is 0 Å². The minimum atomic E-state index is -1.19. The summed E-state index contributed by atoms with van der Waals surface area (Å²) in [5, 5.41) is 11.4. The van der Waals surface area contributed by atoms with Crippen LogP contribution in [0, 0.1) is 5.82 Å². The molecule has 0 aliphatic heterocycles. The van der Waals surface area contributed by atoms with Crippen molar-refractivity contribution in [3.05, 3.63) is 36.0 Å². The van der Waals surface area contributed by atoms with Gasteiger partial charge in [-0.05, 0) is 12.1 Å². The van der Waals surface area contributed by atoms with E-state index in [1.165, 1.54) is 25.3 Å². The zero-order valence-corrected chi connectivity index (χ0v) is 9.31. The number of carboxylic acid groups (broad SMARTS) is 1. The maximum absolute atomic E-state index is 13.1. The Labute approximate surface area is 101 Å². The van der Waals surface area contributed by atoms with Crippen LogP contribution in [0.1, 0.15) is 10.5 Å². The second-order valence-electron chi connectivity index (χ2n) is 3.32. The van der Waals surface area contributed by atoms with Crippen LogP contribution in [0.3, 0.4) is 0 Å². The third-order valence-corrected chi connectivity index (χ3v) is 2.13. The topological polar surface area (TPSA) is 84.6 Å². The minimum Gasteiger partial charge on any atom is -0.494 e. The predicted octanol–water partition coefficient (Wildman–Crippen LogP) is 2.26. The molecule has 0 radical (unpaired) electrons. The summed E-state index contributed by atoms with van der Waals surface area (Å²) in [6.45, 7) is 0. The van der Waals surface area contributed by atoms with Crippen molar-refractivity contribution in [2.24, 2.45) is 0 Å². The molecule has 6 nitrogen and oxygen atoms in total. The zero-order valence-electron chi connectivity index (χ0n) is 9.31. The highest BCUT2D eigenvalue weighted by Gasteiger charge is 2.11. The van der Waals surface area contributed by atoms with Crippen LogP contribution in [0.5, 0.6) is 5.75 Å². The van der Waals surface area contributed by atoms with Crippen molar-refractivity contribution >= 4 is 17.7 Å². The summed E-state index contributed by atoms with van der Waals surface area (Å²) < 4.78 is 22.9. The first-order valence-electron chi connectivity index (χ1n) is 4.89. The monoisotopic (exact) mass is 252 g/mol. The van der Waals surface area contributed by atoms with Gasteiger partial charge in [0.25, 0.3) is 6.01 Å². The van der Waals surface area contributed by atoms with E-state index in [0.717, 1.165) is 6.26 Å². The van der Waals surface area contributed by atoms with Crippen LogP contribution in [-0.2, 0) is 0 Å². The fourth-order valence-electron chi connectivity index (χ4n) is 1.29. The first kappa shape index (κ1) is 11.9. The highest BCUT2D eigenvalue weighted by molar-refractivity contribution is 5.85. The van der Waals surface area contributed by atoms with Crippen molar-refractivity contribution in [2.45, 2.75) is 0 Å². The normalized spacial score (nSPS) is 10.1. The summed E-state index contributed by atoms with van der Waals surface area (Å²) >= 11 is 0. The van der Waals surface area contributed by atoms with Crippen molar-refractivity contribution in [3.8, 4) is 5.75 Å². The lowest BCUT2D eigenvalue weighted by molar-refractivity contribution is 0.0690. The van der Waals surface area contributed by atoms with Crippen LogP contribution in [0.15, 0.2) is 28.9 Å². The molecule has 0 bridgehead atoms. The van der Waals surface area contributed by atoms with Gasteiger partial charge in [0.2, 0.25) is 0 Å². The molecule has 0 unspecified atom stereocenters. The van der Waals surface area contributed by atoms with Gasteiger partial charge in [-0.2, -0.15) is 4.98 Å². The quantitative estimate of drug-likeness (QED) is 0.868. The van der Waals surface area contributed by atoms with Gasteiger partial charge in [0, 0.05) is 11.8 Å². The van der Waals surface area contributed by atoms with Crippen LogP contribution in [0.4, 0.5) is 16.1 Å². The molecule has 7 heteroatoms. The number of hydrogen-bond acceptors (Lipinski definition) is 5. The standard InChI is InChI=1S/C11H9FN2O4/c1-17-9-4-6(2-3-7(9)12)13-11-14-8(5-18-11)10(15)16/h2-5H,1H3,(H,13,14)(H,15,16). The Morgan fingerprint density at radius 3 is 2.94 bits per heavy atom. The summed E-state index contributed by atoms with van der Waals surface area (Å²) in [6.07, 6.45) is 1.01. The van der Waals surface area contributed by atoms with E-state index >= 15 is 0 Å². The molecular formula is C11H9FN2O4. The maximum Gasteiger partial charge on any atom is 0.357 e. The molecule has 1 aromatic carbocycles. The van der Waals surface area contributed by atoms with Gasteiger partial charge in [0.05, 0.1) is 7.11 Å². The number of carboxylic acids is 1. The largest absolute Gasteiger partial charge is 0.494 e. The molecule has 18 heavy (non-hydrogen) atoms. The van der Waals surface area contributed by atoms with E-state index in [1.807, 2.05) is 0 Å². The van der Waals surface area contributed by atoms with Crippen molar-refractivity contribution in [3.63, 3.8) is 0 Å². The molecule has 0 atom stereocenters. The highest BCUT2D eigenvalue weighted by atomic mass is 19.1.